The van der Waals surface area contributed by atoms with Crippen LogP contribution in [0.1, 0.15) is 55.4 Å². The number of nitrogens with two attached hydrogens (primary N) is 1. The van der Waals surface area contributed by atoms with E-state index in [1.165, 1.54) is 10.4 Å². The number of hydrazine groups is 1. The first-order valence-electron chi connectivity index (χ1n) is 7.26. The van der Waals surface area contributed by atoms with E-state index < -0.39 is 0 Å². The molecule has 0 bridgehead atoms. The zero-order valence-electron chi connectivity index (χ0n) is 12.5. The Labute approximate surface area is 125 Å². The molecule has 0 radical (unpaired) electrons. The summed E-state index contributed by atoms with van der Waals surface area (Å²) in [5.74, 6) is 5.75. The summed E-state index contributed by atoms with van der Waals surface area (Å²) in [6, 6.07) is 4.86. The van der Waals surface area contributed by atoms with Gasteiger partial charge in [-0.2, -0.15) is 5.10 Å². The third-order valence-corrected chi connectivity index (χ3v) is 4.87. The Bertz CT molecular complexity index is 531. The summed E-state index contributed by atoms with van der Waals surface area (Å²) in [6.45, 7) is 6.54. The first kappa shape index (κ1) is 15.2. The minimum Gasteiger partial charge on any atom is -0.271 e. The maximum atomic E-state index is 5.75. The van der Waals surface area contributed by atoms with E-state index in [2.05, 4.69) is 55.0 Å². The van der Waals surface area contributed by atoms with E-state index in [0.29, 0.717) is 6.04 Å². The molecule has 0 fully saturated rings. The van der Waals surface area contributed by atoms with Crippen molar-refractivity contribution in [3.8, 4) is 0 Å². The summed E-state index contributed by atoms with van der Waals surface area (Å²) in [7, 11) is 0. The number of nitrogens with one attached hydrogen (secondary N) is 1. The summed E-state index contributed by atoms with van der Waals surface area (Å²) in [5, 5.41) is 6.80. The number of hydrogen-bond acceptors (Lipinski definition) is 4. The monoisotopic (exact) mass is 292 g/mol. The van der Waals surface area contributed by atoms with Crippen molar-refractivity contribution in [1.29, 1.82) is 0 Å². The van der Waals surface area contributed by atoms with Gasteiger partial charge in [0.25, 0.3) is 0 Å². The van der Waals surface area contributed by atoms with Crippen molar-refractivity contribution in [2.45, 2.75) is 52.1 Å². The molecule has 0 saturated carbocycles. The lowest BCUT2D eigenvalue weighted by Crippen LogP contribution is -2.29. The maximum Gasteiger partial charge on any atom is 0.0644 e. The van der Waals surface area contributed by atoms with E-state index in [9.17, 15) is 0 Å². The molecule has 2 aromatic heterocycles. The van der Waals surface area contributed by atoms with Gasteiger partial charge < -0.3 is 0 Å². The molecule has 0 aliphatic rings. The Hall–Kier alpha value is -1.17. The fourth-order valence-electron chi connectivity index (χ4n) is 2.30. The van der Waals surface area contributed by atoms with Gasteiger partial charge in [-0.05, 0) is 42.8 Å². The van der Waals surface area contributed by atoms with Crippen molar-refractivity contribution in [3.63, 3.8) is 0 Å². The number of thiophene rings is 1. The summed E-state index contributed by atoms with van der Waals surface area (Å²) in [5.41, 5.74) is 5.40. The Morgan fingerprint density at radius 1 is 1.40 bits per heavy atom. The standard InChI is InChI=1S/C15H24N4S/c1-4-11(3)19-8-6-13(18-19)10-14(17-16)15-12(5-2)7-9-20-15/h6-9,11,14,17H,4-5,10,16H2,1-3H3. The second-order valence-corrected chi connectivity index (χ2v) is 6.08. The van der Waals surface area contributed by atoms with Gasteiger partial charge in [-0.15, -0.1) is 11.3 Å². The van der Waals surface area contributed by atoms with Crippen LogP contribution in [0.5, 0.6) is 0 Å². The summed E-state index contributed by atoms with van der Waals surface area (Å²) < 4.78 is 2.04. The number of aryl methyl sites for hydroxylation is 1. The lowest BCUT2D eigenvalue weighted by molar-refractivity contribution is 0.467. The summed E-state index contributed by atoms with van der Waals surface area (Å²) in [6.07, 6.45) is 5.02. The average molecular weight is 292 g/mol. The van der Waals surface area contributed by atoms with E-state index in [1.807, 2.05) is 4.68 Å². The van der Waals surface area contributed by atoms with Crippen molar-refractivity contribution in [1.82, 2.24) is 15.2 Å². The lowest BCUT2D eigenvalue weighted by Gasteiger charge is -2.15. The van der Waals surface area contributed by atoms with Gasteiger partial charge in [0.2, 0.25) is 0 Å². The van der Waals surface area contributed by atoms with Gasteiger partial charge in [0, 0.05) is 23.5 Å². The van der Waals surface area contributed by atoms with Gasteiger partial charge >= 0.3 is 0 Å². The highest BCUT2D eigenvalue weighted by Crippen LogP contribution is 2.27. The molecule has 110 valence electrons. The highest BCUT2D eigenvalue weighted by Gasteiger charge is 2.17. The van der Waals surface area contributed by atoms with Gasteiger partial charge in [0.15, 0.2) is 0 Å². The van der Waals surface area contributed by atoms with Crippen LogP contribution in [0, 0.1) is 0 Å². The largest absolute Gasteiger partial charge is 0.271 e. The Morgan fingerprint density at radius 3 is 2.85 bits per heavy atom. The SMILES string of the molecule is CCc1ccsc1C(Cc1ccn(C(C)CC)n1)NN. The summed E-state index contributed by atoms with van der Waals surface area (Å²) in [4.78, 5) is 1.33. The molecule has 2 heterocycles. The second kappa shape index (κ2) is 7.02. The molecule has 2 unspecified atom stereocenters. The van der Waals surface area contributed by atoms with Crippen LogP contribution < -0.4 is 11.3 Å². The van der Waals surface area contributed by atoms with Gasteiger partial charge in [-0.3, -0.25) is 16.0 Å². The molecule has 3 N–H and O–H groups in total. The lowest BCUT2D eigenvalue weighted by atomic mass is 10.1. The molecule has 2 rings (SSSR count). The van der Waals surface area contributed by atoms with Crippen LogP contribution in [0.2, 0.25) is 0 Å². The summed E-state index contributed by atoms with van der Waals surface area (Å²) >= 11 is 1.77. The number of nitrogens with zero attached hydrogens (tertiary/aromatic N) is 2. The van der Waals surface area contributed by atoms with Crippen LogP contribution in [0.15, 0.2) is 23.7 Å². The number of rotatable bonds is 7. The van der Waals surface area contributed by atoms with E-state index >= 15 is 0 Å². The molecule has 0 amide bonds. The van der Waals surface area contributed by atoms with Gasteiger partial charge in [0.05, 0.1) is 11.7 Å². The van der Waals surface area contributed by atoms with Crippen LogP contribution in [-0.4, -0.2) is 9.78 Å². The number of aromatic nitrogens is 2. The minimum atomic E-state index is 0.144. The van der Waals surface area contributed by atoms with Gasteiger partial charge in [-0.1, -0.05) is 13.8 Å². The van der Waals surface area contributed by atoms with Crippen LogP contribution >= 0.6 is 11.3 Å². The normalized spacial score (nSPS) is 14.4. The van der Waals surface area contributed by atoms with Crippen LogP contribution in [0.3, 0.4) is 0 Å². The highest BCUT2D eigenvalue weighted by atomic mass is 32.1. The predicted octanol–water partition coefficient (Wildman–Crippen LogP) is 3.23. The zero-order valence-corrected chi connectivity index (χ0v) is 13.3. The van der Waals surface area contributed by atoms with E-state index in [1.54, 1.807) is 11.3 Å². The molecule has 20 heavy (non-hydrogen) atoms. The third kappa shape index (κ3) is 3.29. The van der Waals surface area contributed by atoms with E-state index in [0.717, 1.165) is 25.0 Å². The topological polar surface area (TPSA) is 55.9 Å². The third-order valence-electron chi connectivity index (χ3n) is 3.80. The molecule has 0 saturated heterocycles. The second-order valence-electron chi connectivity index (χ2n) is 5.13. The number of hydrogen-bond donors (Lipinski definition) is 2. The fraction of sp³-hybridized carbons (Fsp3) is 0.533. The highest BCUT2D eigenvalue weighted by molar-refractivity contribution is 7.10. The van der Waals surface area contributed by atoms with Crippen LogP contribution in [0.25, 0.3) is 0 Å². The zero-order chi connectivity index (χ0) is 14.5. The molecular weight excluding hydrogens is 268 g/mol. The van der Waals surface area contributed by atoms with Crippen LogP contribution in [0.4, 0.5) is 0 Å². The van der Waals surface area contributed by atoms with E-state index in [-0.39, 0.29) is 6.04 Å². The van der Waals surface area contributed by atoms with Crippen LogP contribution in [-0.2, 0) is 12.8 Å². The molecular formula is C15H24N4S. The Balaban J connectivity index is 2.12. The first-order chi connectivity index (χ1) is 9.69. The Morgan fingerprint density at radius 2 is 2.20 bits per heavy atom. The minimum absolute atomic E-state index is 0.144. The van der Waals surface area contributed by atoms with Gasteiger partial charge in [-0.25, -0.2) is 0 Å². The smallest absolute Gasteiger partial charge is 0.0644 e. The maximum absolute atomic E-state index is 5.75. The van der Waals surface area contributed by atoms with Crippen molar-refractivity contribution in [2.24, 2.45) is 5.84 Å². The molecule has 5 heteroatoms. The van der Waals surface area contributed by atoms with Crippen molar-refractivity contribution >= 4 is 11.3 Å². The average Bonchev–Trinajstić information content (AvgIpc) is 3.12. The van der Waals surface area contributed by atoms with Gasteiger partial charge in [0.1, 0.15) is 0 Å². The molecule has 4 nitrogen and oxygen atoms in total. The van der Waals surface area contributed by atoms with E-state index in [4.69, 9.17) is 5.84 Å². The molecule has 2 aromatic rings. The van der Waals surface area contributed by atoms with Crippen molar-refractivity contribution in [2.75, 3.05) is 0 Å². The predicted molar refractivity (Wildman–Crippen MR) is 84.7 cm³/mol. The first-order valence-corrected chi connectivity index (χ1v) is 8.13. The molecule has 0 aromatic carbocycles. The van der Waals surface area contributed by atoms with Crippen molar-refractivity contribution in [3.05, 3.63) is 39.8 Å². The fourth-order valence-corrected chi connectivity index (χ4v) is 3.36. The molecule has 2 atom stereocenters. The molecule has 0 aliphatic carbocycles. The Kier molecular flexibility index (Phi) is 5.34. The molecule has 0 spiro atoms. The van der Waals surface area contributed by atoms with Crippen molar-refractivity contribution < 1.29 is 0 Å². The quantitative estimate of drug-likeness (QED) is 0.608. The molecule has 0 aliphatic heterocycles.